The predicted octanol–water partition coefficient (Wildman–Crippen LogP) is 4.07. The van der Waals surface area contributed by atoms with E-state index in [-0.39, 0.29) is 34.8 Å². The van der Waals surface area contributed by atoms with E-state index >= 15 is 0 Å². The largest absolute Gasteiger partial charge is 0.507 e. The van der Waals surface area contributed by atoms with E-state index in [0.29, 0.717) is 16.8 Å². The summed E-state index contributed by atoms with van der Waals surface area (Å²) < 4.78 is 5.85. The highest BCUT2D eigenvalue weighted by Crippen LogP contribution is 2.38. The normalized spacial score (nSPS) is 10.8. The van der Waals surface area contributed by atoms with Gasteiger partial charge in [0.05, 0.1) is 0 Å². The van der Waals surface area contributed by atoms with Crippen LogP contribution >= 0.6 is 0 Å². The minimum Gasteiger partial charge on any atom is -0.507 e. The van der Waals surface area contributed by atoms with Gasteiger partial charge in [-0.05, 0) is 44.5 Å². The lowest BCUT2D eigenvalue weighted by molar-refractivity contribution is -0.116. The van der Waals surface area contributed by atoms with E-state index in [0.717, 1.165) is 11.6 Å². The van der Waals surface area contributed by atoms with E-state index in [1.807, 2.05) is 19.9 Å². The van der Waals surface area contributed by atoms with Crippen LogP contribution in [0.3, 0.4) is 0 Å². The second-order valence-electron chi connectivity index (χ2n) is 7.32. The molecule has 1 amide bonds. The van der Waals surface area contributed by atoms with Gasteiger partial charge >= 0.3 is 0 Å². The molecule has 0 unspecified atom stereocenters. The van der Waals surface area contributed by atoms with Crippen molar-refractivity contribution in [2.24, 2.45) is 0 Å². The minimum absolute atomic E-state index is 0.00716. The van der Waals surface area contributed by atoms with Crippen LogP contribution in [-0.2, 0) is 11.2 Å². The Kier molecular flexibility index (Phi) is 5.56. The molecule has 3 N–H and O–H groups in total. The Bertz CT molecular complexity index is 1220. The molecule has 0 bridgehead atoms. The molecule has 0 spiro atoms. The lowest BCUT2D eigenvalue weighted by Crippen LogP contribution is -2.22. The van der Waals surface area contributed by atoms with Crippen molar-refractivity contribution in [3.63, 3.8) is 0 Å². The molecule has 3 aromatic rings. The molecule has 0 aliphatic heterocycles. The van der Waals surface area contributed by atoms with Crippen molar-refractivity contribution in [1.82, 2.24) is 0 Å². The van der Waals surface area contributed by atoms with Gasteiger partial charge in [0.15, 0.2) is 5.76 Å². The van der Waals surface area contributed by atoms with Crippen molar-refractivity contribution in [3.05, 3.63) is 57.8 Å². The smallest absolute Gasteiger partial charge is 0.238 e. The van der Waals surface area contributed by atoms with Gasteiger partial charge in [0.25, 0.3) is 0 Å². The molecule has 0 fully saturated rings. The SMILES string of the molecule is CC(=O)N(C)c1ccc(-c2oc3c(CC=C(C)C)c(O)cc(O)c3c(=O)c2O)cc1. The van der Waals surface area contributed by atoms with Crippen LogP contribution in [0.1, 0.15) is 26.3 Å². The molecule has 0 radical (unpaired) electrons. The standard InChI is InChI=1S/C23H23NO6/c1-12(2)5-10-16-17(26)11-18(27)19-20(28)21(29)22(30-23(16)19)14-6-8-15(9-7-14)24(4)13(3)25/h5-9,11,26-27,29H,10H2,1-4H3. The van der Waals surface area contributed by atoms with Crippen LogP contribution < -0.4 is 10.3 Å². The molecule has 0 aliphatic rings. The van der Waals surface area contributed by atoms with Gasteiger partial charge in [-0.25, -0.2) is 0 Å². The highest BCUT2D eigenvalue weighted by Gasteiger charge is 2.22. The molecule has 0 saturated heterocycles. The maximum atomic E-state index is 12.8. The molecule has 1 heterocycles. The molecular weight excluding hydrogens is 386 g/mol. The fourth-order valence-electron chi connectivity index (χ4n) is 3.09. The van der Waals surface area contributed by atoms with Gasteiger partial charge in [-0.3, -0.25) is 9.59 Å². The fraction of sp³-hybridized carbons (Fsp3) is 0.217. The fourth-order valence-corrected chi connectivity index (χ4v) is 3.09. The summed E-state index contributed by atoms with van der Waals surface area (Å²) in [5.41, 5.74) is 1.58. The van der Waals surface area contributed by atoms with Gasteiger partial charge in [0, 0.05) is 36.9 Å². The van der Waals surface area contributed by atoms with Crippen molar-refractivity contribution in [3.8, 4) is 28.6 Å². The average Bonchev–Trinajstić information content (AvgIpc) is 2.69. The van der Waals surface area contributed by atoms with Crippen LogP contribution in [0.25, 0.3) is 22.3 Å². The van der Waals surface area contributed by atoms with Gasteiger partial charge < -0.3 is 24.6 Å². The zero-order valence-corrected chi connectivity index (χ0v) is 17.2. The van der Waals surface area contributed by atoms with Crippen molar-refractivity contribution < 1.29 is 24.5 Å². The molecular formula is C23H23NO6. The molecule has 156 valence electrons. The van der Waals surface area contributed by atoms with Crippen LogP contribution in [0.15, 0.2) is 51.2 Å². The number of aromatic hydroxyl groups is 3. The minimum atomic E-state index is -0.799. The number of fused-ring (bicyclic) bond motifs is 1. The number of carbonyl (C=O) groups excluding carboxylic acids is 1. The van der Waals surface area contributed by atoms with Gasteiger partial charge in [-0.15, -0.1) is 0 Å². The molecule has 1 aromatic heterocycles. The van der Waals surface area contributed by atoms with Crippen molar-refractivity contribution in [1.29, 1.82) is 0 Å². The Labute approximate surface area is 173 Å². The van der Waals surface area contributed by atoms with Crippen LogP contribution in [0, 0.1) is 0 Å². The van der Waals surface area contributed by atoms with Crippen LogP contribution in [0.5, 0.6) is 17.2 Å². The first-order valence-corrected chi connectivity index (χ1v) is 9.33. The summed E-state index contributed by atoms with van der Waals surface area (Å²) >= 11 is 0. The first kappa shape index (κ1) is 21.0. The number of amides is 1. The maximum Gasteiger partial charge on any atom is 0.238 e. The van der Waals surface area contributed by atoms with Crippen LogP contribution in [0.4, 0.5) is 5.69 Å². The van der Waals surface area contributed by atoms with E-state index in [1.165, 1.54) is 11.8 Å². The predicted molar refractivity (Wildman–Crippen MR) is 115 cm³/mol. The third-order valence-electron chi connectivity index (χ3n) is 4.90. The Balaban J connectivity index is 2.25. The quantitative estimate of drug-likeness (QED) is 0.560. The maximum absolute atomic E-state index is 12.8. The Morgan fingerprint density at radius 2 is 1.70 bits per heavy atom. The van der Waals surface area contributed by atoms with Crippen molar-refractivity contribution in [2.45, 2.75) is 27.2 Å². The molecule has 2 aromatic carbocycles. The molecule has 0 saturated carbocycles. The van der Waals surface area contributed by atoms with Gasteiger partial charge in [-0.1, -0.05) is 11.6 Å². The number of rotatable bonds is 4. The summed E-state index contributed by atoms with van der Waals surface area (Å²) in [6, 6.07) is 7.60. The lowest BCUT2D eigenvalue weighted by Gasteiger charge is -2.15. The summed E-state index contributed by atoms with van der Waals surface area (Å²) in [4.78, 5) is 25.8. The average molecular weight is 409 g/mol. The first-order valence-electron chi connectivity index (χ1n) is 9.33. The molecule has 3 rings (SSSR count). The topological polar surface area (TPSA) is 111 Å². The molecule has 0 atom stereocenters. The summed E-state index contributed by atoms with van der Waals surface area (Å²) in [5, 5.41) is 30.8. The van der Waals surface area contributed by atoms with Gasteiger partial charge in [0.1, 0.15) is 22.5 Å². The number of anilines is 1. The number of carbonyl (C=O) groups is 1. The molecule has 7 heteroatoms. The molecule has 7 nitrogen and oxygen atoms in total. The number of phenolic OH excluding ortho intramolecular Hbond substituents is 2. The summed E-state index contributed by atoms with van der Waals surface area (Å²) in [6.45, 7) is 5.23. The van der Waals surface area contributed by atoms with Crippen molar-refractivity contribution >= 4 is 22.6 Å². The number of nitrogens with zero attached hydrogens (tertiary/aromatic N) is 1. The van der Waals surface area contributed by atoms with E-state index in [2.05, 4.69) is 0 Å². The first-order chi connectivity index (χ1) is 14.1. The number of hydrogen-bond donors (Lipinski definition) is 3. The summed E-state index contributed by atoms with van der Waals surface area (Å²) in [6.07, 6.45) is 2.13. The number of phenols is 2. The van der Waals surface area contributed by atoms with Crippen LogP contribution in [0.2, 0.25) is 0 Å². The second kappa shape index (κ2) is 7.94. The van der Waals surface area contributed by atoms with E-state index in [9.17, 15) is 24.9 Å². The Morgan fingerprint density at radius 3 is 2.27 bits per heavy atom. The van der Waals surface area contributed by atoms with Gasteiger partial charge in [0.2, 0.25) is 17.1 Å². The highest BCUT2D eigenvalue weighted by molar-refractivity contribution is 5.92. The summed E-state index contributed by atoms with van der Waals surface area (Å²) in [5.74, 6) is -1.57. The third-order valence-corrected chi connectivity index (χ3v) is 4.90. The van der Waals surface area contributed by atoms with Gasteiger partial charge in [-0.2, -0.15) is 0 Å². The zero-order valence-electron chi connectivity index (χ0n) is 17.2. The van der Waals surface area contributed by atoms with E-state index in [4.69, 9.17) is 4.42 Å². The van der Waals surface area contributed by atoms with E-state index < -0.39 is 16.9 Å². The van der Waals surface area contributed by atoms with E-state index in [1.54, 1.807) is 31.3 Å². The zero-order chi connectivity index (χ0) is 22.2. The third kappa shape index (κ3) is 3.74. The monoisotopic (exact) mass is 409 g/mol. The molecule has 30 heavy (non-hydrogen) atoms. The van der Waals surface area contributed by atoms with Crippen LogP contribution in [-0.4, -0.2) is 28.3 Å². The Morgan fingerprint density at radius 1 is 1.07 bits per heavy atom. The highest BCUT2D eigenvalue weighted by atomic mass is 16.4. The second-order valence-corrected chi connectivity index (χ2v) is 7.32. The number of allylic oxidation sites excluding steroid dienone is 2. The summed E-state index contributed by atoms with van der Waals surface area (Å²) in [7, 11) is 1.63. The number of hydrogen-bond acceptors (Lipinski definition) is 6. The lowest BCUT2D eigenvalue weighted by atomic mass is 10.0. The number of benzene rings is 2. The Hall–Kier alpha value is -3.74. The molecule has 0 aliphatic carbocycles. The van der Waals surface area contributed by atoms with Crippen molar-refractivity contribution in [2.75, 3.05) is 11.9 Å².